The summed E-state index contributed by atoms with van der Waals surface area (Å²) in [6.45, 7) is 8.40. The van der Waals surface area contributed by atoms with Crippen molar-refractivity contribution >= 4 is 29.9 Å². The molecule has 1 aromatic heterocycles. The molecule has 0 fully saturated rings. The van der Waals surface area contributed by atoms with Crippen molar-refractivity contribution in [2.45, 2.75) is 46.3 Å². The molecule has 0 aliphatic carbocycles. The molecule has 0 amide bonds. The lowest BCUT2D eigenvalue weighted by Crippen LogP contribution is -2.38. The summed E-state index contributed by atoms with van der Waals surface area (Å²) in [6, 6.07) is 4.90. The summed E-state index contributed by atoms with van der Waals surface area (Å²) < 4.78 is 29.9. The normalized spacial score (nSPS) is 13.5. The molecule has 2 aromatic rings. The third kappa shape index (κ3) is 6.56. The van der Waals surface area contributed by atoms with E-state index in [1.165, 1.54) is 12.1 Å². The summed E-state index contributed by atoms with van der Waals surface area (Å²) in [4.78, 5) is 4.53. The predicted octanol–water partition coefficient (Wildman–Crippen LogP) is 3.72. The highest BCUT2D eigenvalue weighted by Gasteiger charge is 2.16. The molecule has 3 rings (SSSR count). The molecule has 1 aliphatic heterocycles. The van der Waals surface area contributed by atoms with Gasteiger partial charge in [0.2, 0.25) is 0 Å². The summed E-state index contributed by atoms with van der Waals surface area (Å²) in [5, 5.41) is 10.5. The molecular weight excluding hydrogens is 490 g/mol. The van der Waals surface area contributed by atoms with Crippen molar-refractivity contribution in [3.8, 4) is 5.75 Å². The Bertz CT molecular complexity index is 826. The Morgan fingerprint density at radius 3 is 2.83 bits per heavy atom. The molecule has 0 unspecified atom stereocenters. The third-order valence-corrected chi connectivity index (χ3v) is 4.34. The molecule has 0 bridgehead atoms. The van der Waals surface area contributed by atoms with E-state index in [2.05, 4.69) is 34.6 Å². The maximum Gasteiger partial charge on any atom is 0.191 e. The Kier molecular flexibility index (Phi) is 9.15. The highest BCUT2D eigenvalue weighted by atomic mass is 127. The van der Waals surface area contributed by atoms with Crippen LogP contribution in [0, 0.1) is 5.82 Å². The molecule has 0 spiro atoms. The number of benzene rings is 1. The van der Waals surface area contributed by atoms with Crippen LogP contribution in [0.1, 0.15) is 49.3 Å². The van der Waals surface area contributed by atoms with Crippen LogP contribution in [0.5, 0.6) is 5.75 Å². The number of rotatable bonds is 7. The van der Waals surface area contributed by atoms with Crippen LogP contribution < -0.4 is 15.4 Å². The molecule has 29 heavy (non-hydrogen) atoms. The van der Waals surface area contributed by atoms with Gasteiger partial charge in [0.15, 0.2) is 18.5 Å². The molecule has 2 N–H and O–H groups in total. The number of aliphatic imine (C=N–C) groups is 1. The Labute approximate surface area is 187 Å². The van der Waals surface area contributed by atoms with Crippen LogP contribution in [-0.2, 0) is 24.3 Å². The largest absolute Gasteiger partial charge is 0.467 e. The van der Waals surface area contributed by atoms with Crippen molar-refractivity contribution in [1.82, 2.24) is 15.8 Å². The van der Waals surface area contributed by atoms with Crippen LogP contribution in [0.2, 0.25) is 0 Å². The topological polar surface area (TPSA) is 80.9 Å². The molecule has 7 nitrogen and oxygen atoms in total. The highest BCUT2D eigenvalue weighted by molar-refractivity contribution is 14.0. The first kappa shape index (κ1) is 23.4. The maximum atomic E-state index is 13.8. The van der Waals surface area contributed by atoms with E-state index in [-0.39, 0.29) is 36.6 Å². The lowest BCUT2D eigenvalue weighted by atomic mass is 10.1. The van der Waals surface area contributed by atoms with Gasteiger partial charge in [-0.1, -0.05) is 19.0 Å². The van der Waals surface area contributed by atoms with Crippen LogP contribution in [-0.4, -0.2) is 31.0 Å². The van der Waals surface area contributed by atoms with Gasteiger partial charge in [-0.25, -0.2) is 9.38 Å². The van der Waals surface area contributed by atoms with E-state index in [1.54, 1.807) is 0 Å². The number of ether oxygens (including phenoxy) is 2. The summed E-state index contributed by atoms with van der Waals surface area (Å²) in [5.74, 6) is 2.14. The van der Waals surface area contributed by atoms with E-state index in [1.807, 2.05) is 13.0 Å². The fraction of sp³-hybridized carbons (Fsp3) is 0.500. The second-order valence-electron chi connectivity index (χ2n) is 6.91. The van der Waals surface area contributed by atoms with Crippen LogP contribution in [0.15, 0.2) is 27.7 Å². The van der Waals surface area contributed by atoms with Crippen molar-refractivity contribution < 1.29 is 18.4 Å². The zero-order valence-corrected chi connectivity index (χ0v) is 19.3. The monoisotopic (exact) mass is 518 g/mol. The van der Waals surface area contributed by atoms with Crippen molar-refractivity contribution in [2.75, 3.05) is 19.9 Å². The Morgan fingerprint density at radius 1 is 1.28 bits per heavy atom. The summed E-state index contributed by atoms with van der Waals surface area (Å²) >= 11 is 0. The lowest BCUT2D eigenvalue weighted by Gasteiger charge is -2.21. The number of hydrogen-bond donors (Lipinski definition) is 2. The average Bonchev–Trinajstić information content (AvgIpc) is 3.15. The van der Waals surface area contributed by atoms with Gasteiger partial charge in [-0.3, -0.25) is 0 Å². The van der Waals surface area contributed by atoms with Gasteiger partial charge in [0.1, 0.15) is 18.1 Å². The fourth-order valence-corrected chi connectivity index (χ4v) is 2.93. The van der Waals surface area contributed by atoms with E-state index in [0.29, 0.717) is 43.8 Å². The zero-order valence-electron chi connectivity index (χ0n) is 17.0. The summed E-state index contributed by atoms with van der Waals surface area (Å²) in [7, 11) is 0. The molecule has 0 saturated carbocycles. The zero-order chi connectivity index (χ0) is 19.9. The molecule has 1 aliphatic rings. The minimum atomic E-state index is -0.283. The number of hydrogen-bond acceptors (Lipinski definition) is 5. The second-order valence-corrected chi connectivity index (χ2v) is 6.91. The second kappa shape index (κ2) is 11.3. The van der Waals surface area contributed by atoms with Gasteiger partial charge in [0.05, 0.1) is 12.3 Å². The first-order chi connectivity index (χ1) is 13.6. The summed E-state index contributed by atoms with van der Waals surface area (Å²) in [6.07, 6.45) is 0.602. The molecule has 0 saturated heterocycles. The Balaban J connectivity index is 0.00000300. The van der Waals surface area contributed by atoms with Crippen molar-refractivity contribution in [3.63, 3.8) is 0 Å². The van der Waals surface area contributed by atoms with Gasteiger partial charge < -0.3 is 24.6 Å². The van der Waals surface area contributed by atoms with Crippen LogP contribution in [0.3, 0.4) is 0 Å². The first-order valence-electron chi connectivity index (χ1n) is 9.56. The van der Waals surface area contributed by atoms with Gasteiger partial charge in [-0.15, -0.1) is 24.0 Å². The molecule has 0 radical (unpaired) electrons. The number of guanidine groups is 1. The number of aromatic nitrogens is 1. The van der Waals surface area contributed by atoms with Gasteiger partial charge in [-0.2, -0.15) is 0 Å². The minimum Gasteiger partial charge on any atom is -0.467 e. The minimum absolute atomic E-state index is 0. The van der Waals surface area contributed by atoms with Gasteiger partial charge in [0, 0.05) is 24.7 Å². The third-order valence-electron chi connectivity index (χ3n) is 4.34. The quantitative estimate of drug-likeness (QED) is 0.331. The van der Waals surface area contributed by atoms with Gasteiger partial charge in [0.25, 0.3) is 0 Å². The van der Waals surface area contributed by atoms with E-state index in [9.17, 15) is 4.39 Å². The summed E-state index contributed by atoms with van der Waals surface area (Å²) in [5.41, 5.74) is 2.48. The SMILES string of the molecule is CCNC(=NCc1cc(C(C)C)no1)NCCc1cc(F)cc2c1OCOC2.I. The average molecular weight is 518 g/mol. The first-order valence-corrected chi connectivity index (χ1v) is 9.56. The lowest BCUT2D eigenvalue weighted by molar-refractivity contribution is -0.0172. The van der Waals surface area contributed by atoms with Crippen molar-refractivity contribution in [3.05, 3.63) is 46.6 Å². The van der Waals surface area contributed by atoms with Crippen LogP contribution in [0.25, 0.3) is 0 Å². The molecular formula is C20H28FIN4O3. The van der Waals surface area contributed by atoms with E-state index < -0.39 is 0 Å². The molecule has 1 aromatic carbocycles. The predicted molar refractivity (Wildman–Crippen MR) is 119 cm³/mol. The standard InChI is InChI=1S/C20H27FN4O3.HI/c1-4-22-20(24-10-17-9-18(13(2)3)25-28-17)23-6-5-14-7-16(21)8-15-11-26-12-27-19(14)15;/h7-9,13H,4-6,10-12H2,1-3H3,(H2,22,23,24);1H. The van der Waals surface area contributed by atoms with Gasteiger partial charge >= 0.3 is 0 Å². The fourth-order valence-electron chi connectivity index (χ4n) is 2.93. The molecule has 160 valence electrons. The van der Waals surface area contributed by atoms with Crippen molar-refractivity contribution in [2.24, 2.45) is 4.99 Å². The maximum absolute atomic E-state index is 13.8. The van der Waals surface area contributed by atoms with E-state index in [0.717, 1.165) is 29.1 Å². The Morgan fingerprint density at radius 2 is 2.10 bits per heavy atom. The number of nitrogens with zero attached hydrogens (tertiary/aromatic N) is 2. The highest BCUT2D eigenvalue weighted by Crippen LogP contribution is 2.29. The van der Waals surface area contributed by atoms with Gasteiger partial charge in [-0.05, 0) is 37.0 Å². The van der Waals surface area contributed by atoms with E-state index in [4.69, 9.17) is 14.0 Å². The van der Waals surface area contributed by atoms with E-state index >= 15 is 0 Å². The molecule has 9 heteroatoms. The molecule has 2 heterocycles. The number of halogens is 2. The van der Waals surface area contributed by atoms with Crippen LogP contribution in [0.4, 0.5) is 4.39 Å². The molecule has 0 atom stereocenters. The smallest absolute Gasteiger partial charge is 0.191 e. The van der Waals surface area contributed by atoms with Crippen molar-refractivity contribution in [1.29, 1.82) is 0 Å². The van der Waals surface area contributed by atoms with Crippen LogP contribution >= 0.6 is 24.0 Å². The number of nitrogens with one attached hydrogen (secondary N) is 2. The number of fused-ring (bicyclic) bond motifs is 1. The Hall–Kier alpha value is -1.88.